The van der Waals surface area contributed by atoms with Gasteiger partial charge in [0.1, 0.15) is 5.82 Å². The number of rotatable bonds is 5. The van der Waals surface area contributed by atoms with Gasteiger partial charge >= 0.3 is 5.97 Å². The standard InChI is InChI=1S/C19H16N2O3S/c1-12-15(11-18(22)23)19(24)21-17(20-12)10-8-14-7-9-16(25-14)13-5-3-2-4-6-13/h2-10H,11H2,1H3,(H,22,23)(H,20,21,24)/b10-8+. The maximum absolute atomic E-state index is 12.0. The number of carbonyl (C=O) groups is 1. The minimum atomic E-state index is -1.05. The van der Waals surface area contributed by atoms with Crippen molar-refractivity contribution in [2.45, 2.75) is 13.3 Å². The molecule has 0 atom stereocenters. The Morgan fingerprint density at radius 3 is 2.64 bits per heavy atom. The molecule has 0 aliphatic rings. The number of aromatic nitrogens is 2. The van der Waals surface area contributed by atoms with Crippen molar-refractivity contribution < 1.29 is 9.90 Å². The highest BCUT2D eigenvalue weighted by atomic mass is 32.1. The Morgan fingerprint density at radius 1 is 1.20 bits per heavy atom. The van der Waals surface area contributed by atoms with Crippen LogP contribution in [0.25, 0.3) is 22.6 Å². The summed E-state index contributed by atoms with van der Waals surface area (Å²) in [5.41, 5.74) is 1.37. The highest BCUT2D eigenvalue weighted by molar-refractivity contribution is 7.16. The number of hydrogen-bond acceptors (Lipinski definition) is 4. The van der Waals surface area contributed by atoms with Crippen molar-refractivity contribution in [3.05, 3.63) is 74.8 Å². The molecule has 0 unspecified atom stereocenters. The number of aliphatic carboxylic acids is 1. The fourth-order valence-electron chi connectivity index (χ4n) is 2.43. The summed E-state index contributed by atoms with van der Waals surface area (Å²) >= 11 is 1.64. The first-order valence-electron chi connectivity index (χ1n) is 7.68. The summed E-state index contributed by atoms with van der Waals surface area (Å²) in [7, 11) is 0. The van der Waals surface area contributed by atoms with E-state index in [2.05, 4.69) is 28.2 Å². The van der Waals surface area contributed by atoms with E-state index in [0.717, 1.165) is 15.3 Å². The summed E-state index contributed by atoms with van der Waals surface area (Å²) in [6.45, 7) is 1.64. The molecule has 2 aromatic heterocycles. The molecule has 0 spiro atoms. The van der Waals surface area contributed by atoms with E-state index in [-0.39, 0.29) is 12.0 Å². The second kappa shape index (κ2) is 7.27. The summed E-state index contributed by atoms with van der Waals surface area (Å²) < 4.78 is 0. The molecule has 0 amide bonds. The number of benzene rings is 1. The fourth-order valence-corrected chi connectivity index (χ4v) is 3.35. The lowest BCUT2D eigenvalue weighted by atomic mass is 10.2. The first-order valence-corrected chi connectivity index (χ1v) is 8.49. The van der Waals surface area contributed by atoms with E-state index >= 15 is 0 Å². The molecular formula is C19H16N2O3S. The predicted octanol–water partition coefficient (Wildman–Crippen LogP) is 3.60. The number of thiophene rings is 1. The van der Waals surface area contributed by atoms with E-state index in [1.165, 1.54) is 0 Å². The summed E-state index contributed by atoms with van der Waals surface area (Å²) in [5, 5.41) is 8.84. The van der Waals surface area contributed by atoms with Crippen LogP contribution in [-0.4, -0.2) is 21.0 Å². The van der Waals surface area contributed by atoms with Crippen LogP contribution in [-0.2, 0) is 11.2 Å². The van der Waals surface area contributed by atoms with Crippen molar-refractivity contribution >= 4 is 29.5 Å². The molecule has 0 radical (unpaired) electrons. The Kier molecular flexibility index (Phi) is 4.90. The van der Waals surface area contributed by atoms with Gasteiger partial charge in [0.2, 0.25) is 0 Å². The first kappa shape index (κ1) is 16.9. The average molecular weight is 352 g/mol. The largest absolute Gasteiger partial charge is 0.481 e. The quantitative estimate of drug-likeness (QED) is 0.735. The molecule has 6 heteroatoms. The van der Waals surface area contributed by atoms with Crippen molar-refractivity contribution in [1.29, 1.82) is 0 Å². The van der Waals surface area contributed by atoms with Gasteiger partial charge in [-0.15, -0.1) is 11.3 Å². The number of carboxylic acids is 1. The van der Waals surface area contributed by atoms with Crippen molar-refractivity contribution in [3.8, 4) is 10.4 Å². The molecule has 5 nitrogen and oxygen atoms in total. The molecule has 1 aromatic carbocycles. The monoisotopic (exact) mass is 352 g/mol. The number of H-pyrrole nitrogens is 1. The molecule has 3 rings (SSSR count). The van der Waals surface area contributed by atoms with Gasteiger partial charge in [-0.25, -0.2) is 4.98 Å². The van der Waals surface area contributed by atoms with Gasteiger partial charge in [0.15, 0.2) is 0 Å². The van der Waals surface area contributed by atoms with Crippen LogP contribution in [0, 0.1) is 6.92 Å². The maximum Gasteiger partial charge on any atom is 0.308 e. The van der Waals surface area contributed by atoms with Crippen molar-refractivity contribution in [2.75, 3.05) is 0 Å². The zero-order valence-corrected chi connectivity index (χ0v) is 14.3. The van der Waals surface area contributed by atoms with Gasteiger partial charge in [-0.2, -0.15) is 0 Å². The smallest absolute Gasteiger partial charge is 0.308 e. The van der Waals surface area contributed by atoms with Gasteiger partial charge in [-0.05, 0) is 36.8 Å². The number of aryl methyl sites for hydroxylation is 1. The van der Waals surface area contributed by atoms with Gasteiger partial charge in [-0.3, -0.25) is 9.59 Å². The van der Waals surface area contributed by atoms with E-state index < -0.39 is 11.5 Å². The third-order valence-corrected chi connectivity index (χ3v) is 4.76. The van der Waals surface area contributed by atoms with Crippen LogP contribution in [0.5, 0.6) is 0 Å². The van der Waals surface area contributed by atoms with Gasteiger partial charge in [0.25, 0.3) is 5.56 Å². The van der Waals surface area contributed by atoms with Gasteiger partial charge < -0.3 is 10.1 Å². The molecule has 2 heterocycles. The van der Waals surface area contributed by atoms with E-state index in [1.807, 2.05) is 30.3 Å². The molecular weight excluding hydrogens is 336 g/mol. The Labute approximate surface area is 148 Å². The Morgan fingerprint density at radius 2 is 1.96 bits per heavy atom. The summed E-state index contributed by atoms with van der Waals surface area (Å²) in [4.78, 5) is 31.9. The van der Waals surface area contributed by atoms with Gasteiger partial charge in [-0.1, -0.05) is 30.3 Å². The Hall–Kier alpha value is -2.99. The molecule has 0 aliphatic carbocycles. The lowest BCUT2D eigenvalue weighted by Crippen LogP contribution is -2.20. The molecule has 0 aliphatic heterocycles. The van der Waals surface area contributed by atoms with Crippen LogP contribution < -0.4 is 5.56 Å². The minimum absolute atomic E-state index is 0.187. The topological polar surface area (TPSA) is 83.0 Å². The molecule has 25 heavy (non-hydrogen) atoms. The minimum Gasteiger partial charge on any atom is -0.481 e. The van der Waals surface area contributed by atoms with E-state index in [9.17, 15) is 9.59 Å². The number of aromatic amines is 1. The highest BCUT2D eigenvalue weighted by Crippen LogP contribution is 2.28. The number of nitrogens with one attached hydrogen (secondary N) is 1. The second-order valence-corrected chi connectivity index (χ2v) is 6.60. The third-order valence-electron chi connectivity index (χ3n) is 3.66. The van der Waals surface area contributed by atoms with Crippen LogP contribution in [0.1, 0.15) is 22.0 Å². The van der Waals surface area contributed by atoms with Crippen LogP contribution in [0.15, 0.2) is 47.3 Å². The van der Waals surface area contributed by atoms with Crippen LogP contribution >= 0.6 is 11.3 Å². The SMILES string of the molecule is Cc1nc(/C=C/c2ccc(-c3ccccc3)s2)[nH]c(=O)c1CC(=O)O. The Balaban J connectivity index is 1.82. The fraction of sp³-hybridized carbons (Fsp3) is 0.105. The molecule has 3 aromatic rings. The highest BCUT2D eigenvalue weighted by Gasteiger charge is 2.10. The zero-order chi connectivity index (χ0) is 17.8. The molecule has 126 valence electrons. The lowest BCUT2D eigenvalue weighted by Gasteiger charge is -2.02. The first-order chi connectivity index (χ1) is 12.0. The average Bonchev–Trinajstić information content (AvgIpc) is 3.06. The van der Waals surface area contributed by atoms with Crippen molar-refractivity contribution in [3.63, 3.8) is 0 Å². The molecule has 0 saturated heterocycles. The molecule has 2 N–H and O–H groups in total. The van der Waals surface area contributed by atoms with Crippen LogP contribution in [0.3, 0.4) is 0 Å². The zero-order valence-electron chi connectivity index (χ0n) is 13.5. The summed E-state index contributed by atoms with van der Waals surface area (Å²) in [6, 6.07) is 14.2. The van der Waals surface area contributed by atoms with Crippen molar-refractivity contribution in [2.24, 2.45) is 0 Å². The number of carboxylic acid groups (broad SMARTS) is 1. The number of nitrogens with zero attached hydrogens (tertiary/aromatic N) is 1. The summed E-state index contributed by atoms with van der Waals surface area (Å²) in [5.74, 6) is -0.642. The van der Waals surface area contributed by atoms with Gasteiger partial charge in [0, 0.05) is 21.0 Å². The Bertz CT molecular complexity index is 987. The normalized spacial score (nSPS) is 11.1. The van der Waals surface area contributed by atoms with E-state index in [4.69, 9.17) is 5.11 Å². The maximum atomic E-state index is 12.0. The second-order valence-electron chi connectivity index (χ2n) is 5.49. The predicted molar refractivity (Wildman–Crippen MR) is 99.6 cm³/mol. The number of hydrogen-bond donors (Lipinski definition) is 2. The molecule has 0 fully saturated rings. The van der Waals surface area contributed by atoms with Crippen LogP contribution in [0.4, 0.5) is 0 Å². The molecule has 0 saturated carbocycles. The van der Waals surface area contributed by atoms with E-state index in [1.54, 1.807) is 24.3 Å². The third kappa shape index (κ3) is 4.10. The summed E-state index contributed by atoms with van der Waals surface area (Å²) in [6.07, 6.45) is 3.27. The van der Waals surface area contributed by atoms with Crippen molar-refractivity contribution in [1.82, 2.24) is 9.97 Å². The molecule has 0 bridgehead atoms. The van der Waals surface area contributed by atoms with Gasteiger partial charge in [0.05, 0.1) is 6.42 Å². The van der Waals surface area contributed by atoms with E-state index in [0.29, 0.717) is 11.5 Å². The lowest BCUT2D eigenvalue weighted by molar-refractivity contribution is -0.136. The van der Waals surface area contributed by atoms with Crippen LogP contribution in [0.2, 0.25) is 0 Å².